The summed E-state index contributed by atoms with van der Waals surface area (Å²) >= 11 is 0. The lowest BCUT2D eigenvalue weighted by molar-refractivity contribution is -0.127. The first-order valence-electron chi connectivity index (χ1n) is 6.83. The van der Waals surface area contributed by atoms with E-state index in [0.29, 0.717) is 13.1 Å². The zero-order valence-corrected chi connectivity index (χ0v) is 11.9. The van der Waals surface area contributed by atoms with Gasteiger partial charge in [-0.15, -0.1) is 0 Å². The zero-order chi connectivity index (χ0) is 13.8. The molecule has 1 unspecified atom stereocenters. The molecule has 2 rings (SSSR count). The van der Waals surface area contributed by atoms with Crippen molar-refractivity contribution in [3.8, 4) is 0 Å². The normalized spacial score (nSPS) is 20.5. The van der Waals surface area contributed by atoms with Gasteiger partial charge in [0.05, 0.1) is 6.20 Å². The summed E-state index contributed by atoms with van der Waals surface area (Å²) in [5.74, 6) is 0.108. The van der Waals surface area contributed by atoms with Crippen LogP contribution in [0.1, 0.15) is 18.2 Å². The molecule has 1 aliphatic rings. The predicted octanol–water partition coefficient (Wildman–Crippen LogP) is -0.362. The van der Waals surface area contributed by atoms with E-state index in [1.54, 1.807) is 0 Å². The highest BCUT2D eigenvalue weighted by Gasteiger charge is 2.28. The summed E-state index contributed by atoms with van der Waals surface area (Å²) in [6.07, 6.45) is 1.89. The second-order valence-corrected chi connectivity index (χ2v) is 4.96. The molecule has 1 aliphatic heterocycles. The van der Waals surface area contributed by atoms with Gasteiger partial charge in [0.2, 0.25) is 5.91 Å². The summed E-state index contributed by atoms with van der Waals surface area (Å²) in [6, 6.07) is -0.0895. The van der Waals surface area contributed by atoms with Gasteiger partial charge in [-0.1, -0.05) is 0 Å². The molecular formula is C13H23N5O. The van der Waals surface area contributed by atoms with Gasteiger partial charge in [-0.05, 0) is 13.8 Å². The number of carbonyl (C=O) groups excluding carboxylic acids is 1. The Balaban J connectivity index is 2.07. The Morgan fingerprint density at radius 3 is 3.05 bits per heavy atom. The number of hydrogen-bond donors (Lipinski definition) is 2. The van der Waals surface area contributed by atoms with Crippen LogP contribution in [0.2, 0.25) is 0 Å². The van der Waals surface area contributed by atoms with Gasteiger partial charge in [0.1, 0.15) is 6.04 Å². The predicted molar refractivity (Wildman–Crippen MR) is 73.7 cm³/mol. The highest BCUT2D eigenvalue weighted by molar-refractivity contribution is 5.82. The van der Waals surface area contributed by atoms with Crippen molar-refractivity contribution in [2.45, 2.75) is 26.4 Å². The standard InChI is InChI=1S/C13H23N5O/c1-4-15-13(19)12-8-14-5-6-18(12)9-11-7-16-17(3)10(11)2/h7,12,14H,4-6,8-9H2,1-3H3,(H,15,19). The van der Waals surface area contributed by atoms with Crippen LogP contribution in [0.3, 0.4) is 0 Å². The van der Waals surface area contributed by atoms with Crippen LogP contribution in [-0.2, 0) is 18.4 Å². The number of hydrogen-bond acceptors (Lipinski definition) is 4. The lowest BCUT2D eigenvalue weighted by Gasteiger charge is -2.35. The first kappa shape index (κ1) is 14.0. The summed E-state index contributed by atoms with van der Waals surface area (Å²) in [6.45, 7) is 7.99. The molecule has 0 aromatic carbocycles. The molecule has 0 bridgehead atoms. The van der Waals surface area contributed by atoms with E-state index in [0.717, 1.165) is 25.3 Å². The van der Waals surface area contributed by atoms with E-state index < -0.39 is 0 Å². The average molecular weight is 265 g/mol. The maximum Gasteiger partial charge on any atom is 0.238 e. The Morgan fingerprint density at radius 2 is 2.42 bits per heavy atom. The van der Waals surface area contributed by atoms with Crippen LogP contribution in [0.5, 0.6) is 0 Å². The van der Waals surface area contributed by atoms with E-state index >= 15 is 0 Å². The molecule has 0 radical (unpaired) electrons. The van der Waals surface area contributed by atoms with Crippen molar-refractivity contribution >= 4 is 5.91 Å². The fourth-order valence-corrected chi connectivity index (χ4v) is 2.40. The minimum Gasteiger partial charge on any atom is -0.355 e. The van der Waals surface area contributed by atoms with Crippen molar-refractivity contribution in [3.05, 3.63) is 17.5 Å². The number of nitrogens with one attached hydrogen (secondary N) is 2. The molecule has 106 valence electrons. The molecule has 0 aliphatic carbocycles. The number of nitrogens with zero attached hydrogens (tertiary/aromatic N) is 3. The zero-order valence-electron chi connectivity index (χ0n) is 11.9. The summed E-state index contributed by atoms with van der Waals surface area (Å²) in [4.78, 5) is 14.3. The molecule has 1 aromatic heterocycles. The maximum absolute atomic E-state index is 12.1. The molecule has 0 saturated carbocycles. The van der Waals surface area contributed by atoms with Gasteiger partial charge in [-0.2, -0.15) is 5.10 Å². The minimum atomic E-state index is -0.0895. The Bertz CT molecular complexity index is 442. The topological polar surface area (TPSA) is 62.2 Å². The Morgan fingerprint density at radius 1 is 1.63 bits per heavy atom. The molecule has 1 amide bonds. The Hall–Kier alpha value is -1.40. The highest BCUT2D eigenvalue weighted by atomic mass is 16.2. The van der Waals surface area contributed by atoms with Crippen LogP contribution in [0, 0.1) is 6.92 Å². The first-order valence-corrected chi connectivity index (χ1v) is 6.83. The van der Waals surface area contributed by atoms with Gasteiger partial charge >= 0.3 is 0 Å². The second-order valence-electron chi connectivity index (χ2n) is 4.96. The van der Waals surface area contributed by atoms with E-state index in [2.05, 4.69) is 27.6 Å². The quantitative estimate of drug-likeness (QED) is 0.780. The molecule has 1 fully saturated rings. The Labute approximate surface area is 114 Å². The minimum absolute atomic E-state index is 0.0895. The molecule has 6 heteroatoms. The number of carbonyl (C=O) groups is 1. The summed E-state index contributed by atoms with van der Waals surface area (Å²) < 4.78 is 1.87. The fourth-order valence-electron chi connectivity index (χ4n) is 2.40. The van der Waals surface area contributed by atoms with Crippen LogP contribution in [0.15, 0.2) is 6.20 Å². The van der Waals surface area contributed by atoms with Gasteiger partial charge in [0.25, 0.3) is 0 Å². The maximum atomic E-state index is 12.1. The number of amides is 1. The van der Waals surface area contributed by atoms with Crippen LogP contribution < -0.4 is 10.6 Å². The van der Waals surface area contributed by atoms with Crippen molar-refractivity contribution < 1.29 is 4.79 Å². The van der Waals surface area contributed by atoms with Gasteiger partial charge in [-0.25, -0.2) is 0 Å². The highest BCUT2D eigenvalue weighted by Crippen LogP contribution is 2.13. The number of aryl methyl sites for hydroxylation is 1. The van der Waals surface area contributed by atoms with E-state index in [4.69, 9.17) is 0 Å². The van der Waals surface area contributed by atoms with Crippen molar-refractivity contribution in [1.29, 1.82) is 0 Å². The molecule has 19 heavy (non-hydrogen) atoms. The van der Waals surface area contributed by atoms with Crippen LogP contribution in [0.4, 0.5) is 0 Å². The fraction of sp³-hybridized carbons (Fsp3) is 0.692. The third kappa shape index (κ3) is 3.13. The number of rotatable bonds is 4. The number of aromatic nitrogens is 2. The van der Waals surface area contributed by atoms with Crippen molar-refractivity contribution in [1.82, 2.24) is 25.3 Å². The van der Waals surface area contributed by atoms with E-state index in [1.165, 1.54) is 5.56 Å². The van der Waals surface area contributed by atoms with Crippen molar-refractivity contribution in [2.75, 3.05) is 26.2 Å². The van der Waals surface area contributed by atoms with Crippen molar-refractivity contribution in [2.24, 2.45) is 7.05 Å². The Kier molecular flexibility index (Phi) is 4.55. The first-order chi connectivity index (χ1) is 9.13. The number of piperazine rings is 1. The second kappa shape index (κ2) is 6.16. The van der Waals surface area contributed by atoms with E-state index in [1.807, 2.05) is 24.9 Å². The van der Waals surface area contributed by atoms with Crippen LogP contribution >= 0.6 is 0 Å². The average Bonchev–Trinajstić information content (AvgIpc) is 2.72. The molecule has 2 N–H and O–H groups in total. The third-order valence-corrected chi connectivity index (χ3v) is 3.72. The monoisotopic (exact) mass is 265 g/mol. The molecule has 1 aromatic rings. The van der Waals surface area contributed by atoms with E-state index in [-0.39, 0.29) is 11.9 Å². The molecule has 6 nitrogen and oxygen atoms in total. The van der Waals surface area contributed by atoms with Crippen molar-refractivity contribution in [3.63, 3.8) is 0 Å². The van der Waals surface area contributed by atoms with Crippen LogP contribution in [0.25, 0.3) is 0 Å². The van der Waals surface area contributed by atoms with Gasteiger partial charge < -0.3 is 10.6 Å². The lowest BCUT2D eigenvalue weighted by atomic mass is 10.1. The SMILES string of the molecule is CCNC(=O)C1CNCCN1Cc1cnn(C)c1C. The van der Waals surface area contributed by atoms with Gasteiger partial charge in [0, 0.05) is 51.0 Å². The van der Waals surface area contributed by atoms with E-state index in [9.17, 15) is 4.79 Å². The molecule has 0 spiro atoms. The summed E-state index contributed by atoms with van der Waals surface area (Å²) in [7, 11) is 1.94. The lowest BCUT2D eigenvalue weighted by Crippen LogP contribution is -2.57. The molecule has 2 heterocycles. The smallest absolute Gasteiger partial charge is 0.238 e. The number of likely N-dealkylation sites (N-methyl/N-ethyl adjacent to an activating group) is 1. The third-order valence-electron chi connectivity index (χ3n) is 3.72. The van der Waals surface area contributed by atoms with Gasteiger partial charge in [-0.3, -0.25) is 14.4 Å². The summed E-state index contributed by atoms with van der Waals surface area (Å²) in [5.41, 5.74) is 2.35. The molecule has 1 saturated heterocycles. The molecular weight excluding hydrogens is 242 g/mol. The van der Waals surface area contributed by atoms with Gasteiger partial charge in [0.15, 0.2) is 0 Å². The van der Waals surface area contributed by atoms with Crippen LogP contribution in [-0.4, -0.2) is 52.8 Å². The largest absolute Gasteiger partial charge is 0.355 e. The molecule has 1 atom stereocenters. The summed E-state index contributed by atoms with van der Waals surface area (Å²) in [5, 5.41) is 10.5.